The Morgan fingerprint density at radius 2 is 1.81 bits per heavy atom. The highest BCUT2D eigenvalue weighted by molar-refractivity contribution is 7.22. The maximum Gasteiger partial charge on any atom is 0.260 e. The van der Waals surface area contributed by atoms with E-state index in [1.165, 1.54) is 11.3 Å². The maximum atomic E-state index is 13.6. The van der Waals surface area contributed by atoms with Crippen molar-refractivity contribution >= 4 is 56.6 Å². The van der Waals surface area contributed by atoms with Gasteiger partial charge in [0.2, 0.25) is 0 Å². The number of ether oxygens (including phenoxy) is 1. The summed E-state index contributed by atoms with van der Waals surface area (Å²) in [5.41, 5.74) is 4.79. The van der Waals surface area contributed by atoms with Gasteiger partial charge in [0.25, 0.3) is 5.91 Å². The zero-order valence-electron chi connectivity index (χ0n) is 18.0. The Kier molecular flexibility index (Phi) is 7.94. The number of halogens is 2. The van der Waals surface area contributed by atoms with Crippen molar-refractivity contribution in [3.05, 3.63) is 57.6 Å². The van der Waals surface area contributed by atoms with Gasteiger partial charge in [-0.2, -0.15) is 0 Å². The summed E-state index contributed by atoms with van der Waals surface area (Å²) in [7, 11) is 0. The number of rotatable bonds is 5. The molecule has 5 nitrogen and oxygen atoms in total. The van der Waals surface area contributed by atoms with Crippen LogP contribution in [0.15, 0.2) is 30.3 Å². The largest absolute Gasteiger partial charge is 0.379 e. The smallest absolute Gasteiger partial charge is 0.260 e. The fourth-order valence-corrected chi connectivity index (χ4v) is 5.31. The van der Waals surface area contributed by atoms with Gasteiger partial charge in [-0.1, -0.05) is 40.1 Å². The lowest BCUT2D eigenvalue weighted by atomic mass is 10.1. The highest BCUT2D eigenvalue weighted by Gasteiger charge is 2.23. The number of nitrogens with zero attached hydrogens (tertiary/aromatic N) is 3. The van der Waals surface area contributed by atoms with Gasteiger partial charge in [0, 0.05) is 36.8 Å². The molecule has 8 heteroatoms. The second-order valence-corrected chi connectivity index (χ2v) is 9.30. The topological polar surface area (TPSA) is 45.7 Å². The number of amides is 1. The number of hydrogen-bond acceptors (Lipinski definition) is 5. The number of aromatic nitrogens is 1. The van der Waals surface area contributed by atoms with Crippen molar-refractivity contribution in [2.24, 2.45) is 0 Å². The van der Waals surface area contributed by atoms with Crippen molar-refractivity contribution in [3.8, 4) is 0 Å². The minimum atomic E-state index is -0.0159. The summed E-state index contributed by atoms with van der Waals surface area (Å²) in [5, 5.41) is 1.41. The van der Waals surface area contributed by atoms with Gasteiger partial charge in [-0.15, -0.1) is 12.4 Å². The third-order valence-electron chi connectivity index (χ3n) is 5.33. The van der Waals surface area contributed by atoms with Gasteiger partial charge in [-0.3, -0.25) is 14.6 Å². The molecule has 0 radical (unpaired) electrons. The summed E-state index contributed by atoms with van der Waals surface area (Å²) in [4.78, 5) is 22.6. The molecule has 2 heterocycles. The van der Waals surface area contributed by atoms with Gasteiger partial charge in [0.05, 0.1) is 23.4 Å². The van der Waals surface area contributed by atoms with Crippen molar-refractivity contribution in [3.63, 3.8) is 0 Å². The minimum absolute atomic E-state index is 0. The molecule has 1 fully saturated rings. The van der Waals surface area contributed by atoms with E-state index in [0.29, 0.717) is 22.3 Å². The molecule has 1 amide bonds. The number of morpholine rings is 1. The predicted octanol–water partition coefficient (Wildman–Crippen LogP) is 5.28. The lowest BCUT2D eigenvalue weighted by Crippen LogP contribution is -2.43. The molecule has 31 heavy (non-hydrogen) atoms. The predicted molar refractivity (Wildman–Crippen MR) is 131 cm³/mol. The summed E-state index contributed by atoms with van der Waals surface area (Å²) in [6.45, 7) is 10.7. The minimum Gasteiger partial charge on any atom is -0.379 e. The van der Waals surface area contributed by atoms with Crippen LogP contribution in [0, 0.1) is 20.8 Å². The zero-order chi connectivity index (χ0) is 21.3. The normalized spacial score (nSPS) is 14.5. The van der Waals surface area contributed by atoms with Crippen LogP contribution in [0.2, 0.25) is 5.02 Å². The average Bonchev–Trinajstić information content (AvgIpc) is 3.12. The molecule has 0 N–H and O–H groups in total. The van der Waals surface area contributed by atoms with Crippen LogP contribution in [0.25, 0.3) is 10.2 Å². The van der Waals surface area contributed by atoms with Gasteiger partial charge in [0.1, 0.15) is 0 Å². The zero-order valence-corrected chi connectivity index (χ0v) is 20.4. The van der Waals surface area contributed by atoms with Crippen LogP contribution in [-0.2, 0) is 4.74 Å². The molecule has 3 aromatic rings. The first-order valence-corrected chi connectivity index (χ1v) is 11.4. The van der Waals surface area contributed by atoms with E-state index < -0.39 is 0 Å². The molecule has 1 aliphatic rings. The molecule has 0 saturated carbocycles. The van der Waals surface area contributed by atoms with Crippen molar-refractivity contribution in [1.82, 2.24) is 9.88 Å². The van der Waals surface area contributed by atoms with Crippen LogP contribution in [0.3, 0.4) is 0 Å². The number of aryl methyl sites for hydroxylation is 3. The Morgan fingerprint density at radius 1 is 1.13 bits per heavy atom. The highest BCUT2D eigenvalue weighted by Crippen LogP contribution is 2.33. The first-order chi connectivity index (χ1) is 14.4. The first kappa shape index (κ1) is 24.0. The number of carbonyl (C=O) groups is 1. The van der Waals surface area contributed by atoms with Crippen molar-refractivity contribution in [1.29, 1.82) is 0 Å². The van der Waals surface area contributed by atoms with Gasteiger partial charge in [-0.05, 0) is 50.6 Å². The highest BCUT2D eigenvalue weighted by atomic mass is 35.5. The quantitative estimate of drug-likeness (QED) is 0.499. The molecule has 1 saturated heterocycles. The van der Waals surface area contributed by atoms with E-state index in [-0.39, 0.29) is 18.3 Å². The van der Waals surface area contributed by atoms with E-state index in [2.05, 4.69) is 11.0 Å². The van der Waals surface area contributed by atoms with E-state index in [1.54, 1.807) is 0 Å². The molecular weight excluding hydrogens is 453 g/mol. The molecule has 1 aromatic heterocycles. The van der Waals surface area contributed by atoms with E-state index in [4.69, 9.17) is 21.3 Å². The van der Waals surface area contributed by atoms with Crippen molar-refractivity contribution in [2.45, 2.75) is 20.8 Å². The van der Waals surface area contributed by atoms with E-state index in [0.717, 1.165) is 59.8 Å². The Labute approximate surface area is 198 Å². The second kappa shape index (κ2) is 10.3. The van der Waals surface area contributed by atoms with Gasteiger partial charge < -0.3 is 4.74 Å². The Bertz CT molecular complexity index is 1060. The molecule has 0 aliphatic carbocycles. The third-order valence-corrected chi connectivity index (χ3v) is 6.57. The SMILES string of the molecule is Cc1cc(C)cc(C(=O)N(CCN2CCOCC2)c2nc3c(C)cc(Cl)cc3s2)c1.Cl. The summed E-state index contributed by atoms with van der Waals surface area (Å²) in [5.74, 6) is -0.0159. The molecule has 4 rings (SSSR count). The number of benzene rings is 2. The Morgan fingerprint density at radius 3 is 2.48 bits per heavy atom. The maximum absolute atomic E-state index is 13.6. The number of thiazole rings is 1. The van der Waals surface area contributed by atoms with Crippen LogP contribution >= 0.6 is 35.3 Å². The fraction of sp³-hybridized carbons (Fsp3) is 0.391. The lowest BCUT2D eigenvalue weighted by molar-refractivity contribution is 0.0391. The summed E-state index contributed by atoms with van der Waals surface area (Å²) >= 11 is 7.77. The average molecular weight is 480 g/mol. The second-order valence-electron chi connectivity index (χ2n) is 7.85. The summed E-state index contributed by atoms with van der Waals surface area (Å²) in [6, 6.07) is 9.82. The molecule has 1 aliphatic heterocycles. The molecule has 0 bridgehead atoms. The molecule has 166 valence electrons. The number of carbonyl (C=O) groups excluding carboxylic acids is 1. The fourth-order valence-electron chi connectivity index (χ4n) is 3.86. The van der Waals surface area contributed by atoms with E-state index in [9.17, 15) is 4.79 Å². The van der Waals surface area contributed by atoms with Crippen molar-refractivity contribution < 1.29 is 9.53 Å². The molecule has 0 atom stereocenters. The van der Waals surface area contributed by atoms with Crippen LogP contribution in [0.4, 0.5) is 5.13 Å². The number of fused-ring (bicyclic) bond motifs is 1. The van der Waals surface area contributed by atoms with Crippen LogP contribution in [0.5, 0.6) is 0 Å². The van der Waals surface area contributed by atoms with E-state index in [1.807, 2.05) is 49.9 Å². The van der Waals surface area contributed by atoms with Crippen molar-refractivity contribution in [2.75, 3.05) is 44.3 Å². The van der Waals surface area contributed by atoms with Gasteiger partial charge in [-0.25, -0.2) is 4.98 Å². The third kappa shape index (κ3) is 5.57. The van der Waals surface area contributed by atoms with E-state index >= 15 is 0 Å². The van der Waals surface area contributed by atoms with Crippen LogP contribution < -0.4 is 4.90 Å². The summed E-state index contributed by atoms with van der Waals surface area (Å²) < 4.78 is 6.45. The van der Waals surface area contributed by atoms with Gasteiger partial charge >= 0.3 is 0 Å². The molecule has 0 unspecified atom stereocenters. The molecule has 0 spiro atoms. The van der Waals surface area contributed by atoms with Crippen LogP contribution in [0.1, 0.15) is 27.0 Å². The molecule has 2 aromatic carbocycles. The summed E-state index contributed by atoms with van der Waals surface area (Å²) in [6.07, 6.45) is 0. The molecular formula is C23H27Cl2N3O2S. The Hall–Kier alpha value is -1.70. The monoisotopic (exact) mass is 479 g/mol. The number of hydrogen-bond donors (Lipinski definition) is 0. The lowest BCUT2D eigenvalue weighted by Gasteiger charge is -2.29. The number of anilines is 1. The first-order valence-electron chi connectivity index (χ1n) is 10.2. The standard InChI is InChI=1S/C23H26ClN3O2S.ClH/c1-15-10-16(2)12-18(11-15)22(28)27(5-4-26-6-8-29-9-7-26)23-25-21-17(3)13-19(24)14-20(21)30-23;/h10-14H,4-9H2,1-3H3;1H. The Balaban J connectivity index is 0.00000272. The van der Waals surface area contributed by atoms with Gasteiger partial charge in [0.15, 0.2) is 5.13 Å². The van der Waals surface area contributed by atoms with Crippen LogP contribution in [-0.4, -0.2) is 55.2 Å².